The van der Waals surface area contributed by atoms with Crippen molar-refractivity contribution in [2.75, 3.05) is 18.4 Å². The van der Waals surface area contributed by atoms with Crippen LogP contribution in [0, 0.1) is 0 Å². The van der Waals surface area contributed by atoms with Crippen molar-refractivity contribution < 1.29 is 14.7 Å². The maximum Gasteiger partial charge on any atom is 0.323 e. The van der Waals surface area contributed by atoms with Gasteiger partial charge in [0.1, 0.15) is 6.54 Å². The van der Waals surface area contributed by atoms with Crippen molar-refractivity contribution in [2.24, 2.45) is 0 Å². The largest absolute Gasteiger partial charge is 0.480 e. The van der Waals surface area contributed by atoms with Gasteiger partial charge in [-0.1, -0.05) is 6.08 Å². The molecule has 0 bridgehead atoms. The summed E-state index contributed by atoms with van der Waals surface area (Å²) < 4.78 is 0.955. The second kappa shape index (κ2) is 6.16. The van der Waals surface area contributed by atoms with Crippen LogP contribution in [-0.2, 0) is 4.79 Å². The molecule has 1 heterocycles. The fraction of sp³-hybridized carbons (Fsp3) is 0.154. The van der Waals surface area contributed by atoms with Crippen LogP contribution in [-0.4, -0.2) is 40.1 Å². The molecule has 2 rings (SSSR count). The molecule has 2 aromatic rings. The first-order valence-corrected chi connectivity index (χ1v) is 6.70. The lowest BCUT2D eigenvalue weighted by molar-refractivity contribution is -0.137. The first kappa shape index (κ1) is 14.0. The molecule has 0 aliphatic carbocycles. The van der Waals surface area contributed by atoms with Gasteiger partial charge in [0.2, 0.25) is 0 Å². The third kappa shape index (κ3) is 3.33. The molecule has 0 aliphatic heterocycles. The number of carboxylic acids is 1. The van der Waals surface area contributed by atoms with E-state index in [1.807, 2.05) is 0 Å². The van der Waals surface area contributed by atoms with Crippen LogP contribution in [0.2, 0.25) is 0 Å². The van der Waals surface area contributed by atoms with Crippen molar-refractivity contribution >= 4 is 39.2 Å². The number of anilines is 1. The Bertz CT molecular complexity index is 653. The molecule has 20 heavy (non-hydrogen) atoms. The van der Waals surface area contributed by atoms with Gasteiger partial charge in [-0.3, -0.25) is 4.79 Å². The highest BCUT2D eigenvalue weighted by atomic mass is 32.1. The van der Waals surface area contributed by atoms with Gasteiger partial charge in [0.05, 0.1) is 15.7 Å². The maximum absolute atomic E-state index is 12.0. The van der Waals surface area contributed by atoms with Crippen molar-refractivity contribution in [1.29, 1.82) is 0 Å². The monoisotopic (exact) mass is 291 g/mol. The maximum atomic E-state index is 12.0. The van der Waals surface area contributed by atoms with E-state index in [4.69, 9.17) is 5.11 Å². The highest BCUT2D eigenvalue weighted by Crippen LogP contribution is 2.21. The van der Waals surface area contributed by atoms with Gasteiger partial charge in [0, 0.05) is 12.2 Å². The van der Waals surface area contributed by atoms with Crippen LogP contribution in [0.15, 0.2) is 36.4 Å². The summed E-state index contributed by atoms with van der Waals surface area (Å²) in [5.41, 5.74) is 3.19. The Morgan fingerprint density at radius 1 is 1.50 bits per heavy atom. The van der Waals surface area contributed by atoms with Crippen molar-refractivity contribution in [3.8, 4) is 0 Å². The molecule has 0 saturated heterocycles. The Hall–Kier alpha value is -2.41. The van der Waals surface area contributed by atoms with Gasteiger partial charge >= 0.3 is 12.0 Å². The number of aliphatic carboxylic acids is 1. The Labute approximate surface area is 119 Å². The zero-order valence-electron chi connectivity index (χ0n) is 10.6. The van der Waals surface area contributed by atoms with Crippen molar-refractivity contribution in [3.05, 3.63) is 36.4 Å². The summed E-state index contributed by atoms with van der Waals surface area (Å²) in [6.45, 7) is 3.30. The summed E-state index contributed by atoms with van der Waals surface area (Å²) in [6, 6.07) is 4.86. The van der Waals surface area contributed by atoms with E-state index in [1.54, 1.807) is 23.7 Å². The molecule has 0 fully saturated rings. The molecule has 0 unspecified atom stereocenters. The summed E-state index contributed by atoms with van der Waals surface area (Å²) in [7, 11) is 0. The number of nitrogens with zero attached hydrogens (tertiary/aromatic N) is 2. The van der Waals surface area contributed by atoms with E-state index in [9.17, 15) is 9.59 Å². The Kier molecular flexibility index (Phi) is 4.31. The smallest absolute Gasteiger partial charge is 0.323 e. The topological polar surface area (TPSA) is 82.5 Å². The first-order valence-electron chi connectivity index (χ1n) is 5.82. The first-order chi connectivity index (χ1) is 9.60. The number of carbonyl (C=O) groups is 2. The number of rotatable bonds is 5. The van der Waals surface area contributed by atoms with E-state index in [-0.39, 0.29) is 13.1 Å². The van der Waals surface area contributed by atoms with E-state index in [1.165, 1.54) is 17.4 Å². The molecule has 0 radical (unpaired) electrons. The van der Waals surface area contributed by atoms with Crippen molar-refractivity contribution in [1.82, 2.24) is 9.88 Å². The zero-order valence-corrected chi connectivity index (χ0v) is 11.4. The Balaban J connectivity index is 2.11. The van der Waals surface area contributed by atoms with E-state index >= 15 is 0 Å². The Morgan fingerprint density at radius 2 is 2.30 bits per heavy atom. The van der Waals surface area contributed by atoms with Crippen LogP contribution in [0.5, 0.6) is 0 Å². The van der Waals surface area contributed by atoms with Gasteiger partial charge < -0.3 is 15.3 Å². The van der Waals surface area contributed by atoms with Gasteiger partial charge in [-0.25, -0.2) is 9.78 Å². The number of hydrogen-bond acceptors (Lipinski definition) is 4. The summed E-state index contributed by atoms with van der Waals surface area (Å²) in [4.78, 5) is 28.0. The molecule has 0 aliphatic rings. The number of carboxylic acid groups (broad SMARTS) is 1. The minimum atomic E-state index is -1.07. The lowest BCUT2D eigenvalue weighted by Gasteiger charge is -2.19. The van der Waals surface area contributed by atoms with Crippen LogP contribution < -0.4 is 5.32 Å². The number of amides is 2. The second-order valence-electron chi connectivity index (χ2n) is 4.03. The molecule has 0 spiro atoms. The van der Waals surface area contributed by atoms with E-state index < -0.39 is 12.0 Å². The van der Waals surface area contributed by atoms with Crippen LogP contribution in [0.4, 0.5) is 10.5 Å². The van der Waals surface area contributed by atoms with Crippen LogP contribution in [0.3, 0.4) is 0 Å². The predicted octanol–water partition coefficient (Wildman–Crippen LogP) is 2.40. The fourth-order valence-corrected chi connectivity index (χ4v) is 2.39. The molecule has 0 saturated carbocycles. The molecule has 1 aromatic heterocycles. The average molecular weight is 291 g/mol. The number of hydrogen-bond donors (Lipinski definition) is 2. The van der Waals surface area contributed by atoms with Gasteiger partial charge in [0.15, 0.2) is 0 Å². The molecule has 0 atom stereocenters. The van der Waals surface area contributed by atoms with Crippen LogP contribution >= 0.6 is 11.3 Å². The number of thiazole rings is 1. The highest BCUT2D eigenvalue weighted by molar-refractivity contribution is 7.16. The number of benzene rings is 1. The van der Waals surface area contributed by atoms with Gasteiger partial charge in [0.25, 0.3) is 0 Å². The molecule has 6 nitrogen and oxygen atoms in total. The molecular weight excluding hydrogens is 278 g/mol. The minimum absolute atomic E-state index is 0.168. The summed E-state index contributed by atoms with van der Waals surface area (Å²) in [5.74, 6) is -1.07. The molecule has 2 N–H and O–H groups in total. The quantitative estimate of drug-likeness (QED) is 0.829. The summed E-state index contributed by atoms with van der Waals surface area (Å²) in [5, 5.41) is 11.4. The number of urea groups is 1. The second-order valence-corrected chi connectivity index (χ2v) is 4.91. The lowest BCUT2D eigenvalue weighted by Crippen LogP contribution is -2.38. The number of carbonyl (C=O) groups excluding carboxylic acids is 1. The average Bonchev–Trinajstić information content (AvgIpc) is 2.85. The SMILES string of the molecule is C=CCN(CC(=O)O)C(=O)Nc1ccc2ncsc2c1. The number of aromatic nitrogens is 1. The normalized spacial score (nSPS) is 10.2. The third-order valence-electron chi connectivity index (χ3n) is 2.55. The van der Waals surface area contributed by atoms with Gasteiger partial charge in [-0.15, -0.1) is 17.9 Å². The highest BCUT2D eigenvalue weighted by Gasteiger charge is 2.15. The van der Waals surface area contributed by atoms with E-state index in [0.717, 1.165) is 15.1 Å². The van der Waals surface area contributed by atoms with Crippen LogP contribution in [0.25, 0.3) is 10.2 Å². The lowest BCUT2D eigenvalue weighted by atomic mass is 10.3. The van der Waals surface area contributed by atoms with Crippen molar-refractivity contribution in [2.45, 2.75) is 0 Å². The standard InChI is InChI=1S/C13H13N3O3S/c1-2-5-16(7-12(17)18)13(19)15-9-3-4-10-11(6-9)20-8-14-10/h2-4,6,8H,1,5,7H2,(H,15,19)(H,17,18). The number of fused-ring (bicyclic) bond motifs is 1. The summed E-state index contributed by atoms with van der Waals surface area (Å²) in [6.07, 6.45) is 1.48. The van der Waals surface area contributed by atoms with E-state index in [2.05, 4.69) is 16.9 Å². The third-order valence-corrected chi connectivity index (χ3v) is 3.34. The molecule has 104 valence electrons. The molecule has 7 heteroatoms. The molecule has 1 aromatic carbocycles. The Morgan fingerprint density at radius 3 is 3.00 bits per heavy atom. The minimum Gasteiger partial charge on any atom is -0.480 e. The van der Waals surface area contributed by atoms with Gasteiger partial charge in [-0.05, 0) is 18.2 Å². The molecular formula is C13H13N3O3S. The molecule has 2 amide bonds. The van der Waals surface area contributed by atoms with Crippen LogP contribution in [0.1, 0.15) is 0 Å². The van der Waals surface area contributed by atoms with Gasteiger partial charge in [-0.2, -0.15) is 0 Å². The van der Waals surface area contributed by atoms with E-state index in [0.29, 0.717) is 5.69 Å². The zero-order chi connectivity index (χ0) is 14.5. The number of nitrogens with one attached hydrogen (secondary N) is 1. The summed E-state index contributed by atoms with van der Waals surface area (Å²) >= 11 is 1.47. The predicted molar refractivity (Wildman–Crippen MR) is 78.0 cm³/mol. The van der Waals surface area contributed by atoms with Crippen molar-refractivity contribution in [3.63, 3.8) is 0 Å². The fourth-order valence-electron chi connectivity index (χ4n) is 1.67.